The average Bonchev–Trinajstić information content (AvgIpc) is 2.47. The molecule has 0 saturated carbocycles. The first-order valence-electron chi connectivity index (χ1n) is 6.29. The monoisotopic (exact) mass is 228 g/mol. The molecule has 17 heavy (non-hydrogen) atoms. The van der Waals surface area contributed by atoms with Gasteiger partial charge in [-0.3, -0.25) is 4.79 Å². The SMILES string of the molecule is CC(=O)Oc1cccc2c1[C@H]1CCCCC=C21. The van der Waals surface area contributed by atoms with Gasteiger partial charge in [0.1, 0.15) is 5.75 Å². The summed E-state index contributed by atoms with van der Waals surface area (Å²) >= 11 is 0. The number of carbonyl (C=O) groups is 1. The summed E-state index contributed by atoms with van der Waals surface area (Å²) in [5.74, 6) is 1.03. The van der Waals surface area contributed by atoms with Gasteiger partial charge < -0.3 is 4.74 Å². The van der Waals surface area contributed by atoms with Gasteiger partial charge in [-0.1, -0.05) is 24.6 Å². The van der Waals surface area contributed by atoms with Gasteiger partial charge in [0.25, 0.3) is 0 Å². The zero-order valence-electron chi connectivity index (χ0n) is 10.0. The zero-order chi connectivity index (χ0) is 11.8. The van der Waals surface area contributed by atoms with Crippen LogP contribution in [0.4, 0.5) is 0 Å². The van der Waals surface area contributed by atoms with Gasteiger partial charge in [0.05, 0.1) is 0 Å². The van der Waals surface area contributed by atoms with Crippen LogP contribution in [0, 0.1) is 0 Å². The minimum atomic E-state index is -0.232. The van der Waals surface area contributed by atoms with Crippen LogP contribution >= 0.6 is 0 Å². The summed E-state index contributed by atoms with van der Waals surface area (Å²) in [6.45, 7) is 1.46. The lowest BCUT2D eigenvalue weighted by atomic mass is 9.70. The van der Waals surface area contributed by atoms with Crippen LogP contribution in [-0.2, 0) is 4.79 Å². The Morgan fingerprint density at radius 2 is 2.24 bits per heavy atom. The van der Waals surface area contributed by atoms with Crippen molar-refractivity contribution in [3.8, 4) is 5.75 Å². The summed E-state index contributed by atoms with van der Waals surface area (Å²) in [4.78, 5) is 11.1. The van der Waals surface area contributed by atoms with Crippen molar-refractivity contribution >= 4 is 11.5 Å². The zero-order valence-corrected chi connectivity index (χ0v) is 10.0. The average molecular weight is 228 g/mol. The number of esters is 1. The highest BCUT2D eigenvalue weighted by atomic mass is 16.5. The van der Waals surface area contributed by atoms with Crippen LogP contribution in [0.15, 0.2) is 24.3 Å². The Morgan fingerprint density at radius 3 is 3.06 bits per heavy atom. The third kappa shape index (κ3) is 1.68. The molecule has 1 aromatic rings. The van der Waals surface area contributed by atoms with Crippen molar-refractivity contribution in [1.29, 1.82) is 0 Å². The fraction of sp³-hybridized carbons (Fsp3) is 0.400. The third-order valence-electron chi connectivity index (χ3n) is 3.67. The topological polar surface area (TPSA) is 26.3 Å². The van der Waals surface area contributed by atoms with Crippen molar-refractivity contribution in [2.24, 2.45) is 0 Å². The first kappa shape index (κ1) is 10.6. The number of ether oxygens (including phenoxy) is 1. The molecule has 0 amide bonds. The van der Waals surface area contributed by atoms with Gasteiger partial charge >= 0.3 is 5.97 Å². The highest BCUT2D eigenvalue weighted by Gasteiger charge is 2.35. The van der Waals surface area contributed by atoms with Gasteiger partial charge in [-0.15, -0.1) is 0 Å². The summed E-state index contributed by atoms with van der Waals surface area (Å²) in [5.41, 5.74) is 4.00. The number of benzene rings is 1. The number of fused-ring (bicyclic) bond motifs is 4. The fourth-order valence-corrected chi connectivity index (χ4v) is 2.97. The molecule has 0 spiro atoms. The number of allylic oxidation sites excluding steroid dienone is 2. The molecule has 0 heterocycles. The number of hydrogen-bond acceptors (Lipinski definition) is 2. The van der Waals surface area contributed by atoms with Crippen molar-refractivity contribution in [3.05, 3.63) is 35.4 Å². The van der Waals surface area contributed by atoms with E-state index >= 15 is 0 Å². The second-order valence-corrected chi connectivity index (χ2v) is 4.81. The molecule has 2 aliphatic carbocycles. The van der Waals surface area contributed by atoms with E-state index in [-0.39, 0.29) is 5.97 Å². The molecule has 3 rings (SSSR count). The fourth-order valence-electron chi connectivity index (χ4n) is 2.97. The Morgan fingerprint density at radius 1 is 1.35 bits per heavy atom. The Kier molecular flexibility index (Phi) is 2.50. The van der Waals surface area contributed by atoms with Crippen LogP contribution in [0.5, 0.6) is 5.75 Å². The van der Waals surface area contributed by atoms with Crippen molar-refractivity contribution in [2.45, 2.75) is 38.5 Å². The van der Waals surface area contributed by atoms with Gasteiger partial charge in [-0.05, 0) is 36.5 Å². The lowest BCUT2D eigenvalue weighted by Gasteiger charge is -2.34. The van der Waals surface area contributed by atoms with E-state index in [0.29, 0.717) is 5.92 Å². The molecule has 1 aromatic carbocycles. The van der Waals surface area contributed by atoms with Gasteiger partial charge in [0, 0.05) is 18.4 Å². The Balaban J connectivity index is 2.02. The molecule has 0 aromatic heterocycles. The summed E-state index contributed by atoms with van der Waals surface area (Å²) in [5, 5.41) is 0. The predicted octanol–water partition coefficient (Wildman–Crippen LogP) is 3.67. The summed E-state index contributed by atoms with van der Waals surface area (Å²) < 4.78 is 5.30. The maximum absolute atomic E-state index is 11.1. The van der Waals surface area contributed by atoms with Crippen LogP contribution in [0.1, 0.15) is 49.7 Å². The molecule has 0 fully saturated rings. The van der Waals surface area contributed by atoms with Crippen molar-refractivity contribution in [1.82, 2.24) is 0 Å². The molecule has 1 atom stereocenters. The largest absolute Gasteiger partial charge is 0.426 e. The highest BCUT2D eigenvalue weighted by Crippen LogP contribution is 2.53. The highest BCUT2D eigenvalue weighted by molar-refractivity contribution is 5.87. The minimum absolute atomic E-state index is 0.232. The molecule has 0 aliphatic heterocycles. The summed E-state index contributed by atoms with van der Waals surface area (Å²) in [6, 6.07) is 6.01. The van der Waals surface area contributed by atoms with Crippen molar-refractivity contribution < 1.29 is 9.53 Å². The van der Waals surface area contributed by atoms with Crippen LogP contribution in [0.2, 0.25) is 0 Å². The number of carbonyl (C=O) groups excluding carboxylic acids is 1. The van der Waals surface area contributed by atoms with E-state index in [1.54, 1.807) is 0 Å². The van der Waals surface area contributed by atoms with Gasteiger partial charge in [-0.2, -0.15) is 0 Å². The van der Waals surface area contributed by atoms with E-state index < -0.39 is 0 Å². The smallest absolute Gasteiger partial charge is 0.308 e. The van der Waals surface area contributed by atoms with Crippen LogP contribution in [0.3, 0.4) is 0 Å². The molecular formula is C15H16O2. The van der Waals surface area contributed by atoms with Crippen LogP contribution < -0.4 is 4.74 Å². The quantitative estimate of drug-likeness (QED) is 0.541. The molecule has 0 bridgehead atoms. The van der Waals surface area contributed by atoms with E-state index in [2.05, 4.69) is 12.1 Å². The Hall–Kier alpha value is -1.57. The molecule has 0 radical (unpaired) electrons. The molecular weight excluding hydrogens is 212 g/mol. The molecule has 0 N–H and O–H groups in total. The minimum Gasteiger partial charge on any atom is -0.426 e. The van der Waals surface area contributed by atoms with E-state index in [0.717, 1.165) is 5.75 Å². The van der Waals surface area contributed by atoms with Crippen LogP contribution in [0.25, 0.3) is 5.57 Å². The second-order valence-electron chi connectivity index (χ2n) is 4.81. The first-order valence-corrected chi connectivity index (χ1v) is 6.29. The van der Waals surface area contributed by atoms with Crippen molar-refractivity contribution in [2.75, 3.05) is 0 Å². The van der Waals surface area contributed by atoms with Crippen molar-refractivity contribution in [3.63, 3.8) is 0 Å². The summed E-state index contributed by atoms with van der Waals surface area (Å²) in [6.07, 6.45) is 7.27. The first-order chi connectivity index (χ1) is 8.27. The Bertz CT molecular complexity index is 500. The molecule has 88 valence electrons. The normalized spacial score (nSPS) is 21.5. The van der Waals surface area contributed by atoms with Gasteiger partial charge in [-0.25, -0.2) is 0 Å². The van der Waals surface area contributed by atoms with E-state index in [1.807, 2.05) is 12.1 Å². The maximum atomic E-state index is 11.1. The maximum Gasteiger partial charge on any atom is 0.308 e. The number of hydrogen-bond donors (Lipinski definition) is 0. The lowest BCUT2D eigenvalue weighted by Crippen LogP contribution is -2.18. The summed E-state index contributed by atoms with van der Waals surface area (Å²) in [7, 11) is 0. The standard InChI is InChI=1S/C15H16O2/c1-10(16)17-14-9-5-8-13-11-6-3-2-4-7-12(11)15(13)14/h5-6,8-9,12H,2-4,7H2,1H3/t12-/m0/s1. The molecule has 2 heteroatoms. The molecule has 0 saturated heterocycles. The van der Waals surface area contributed by atoms with Gasteiger partial charge in [0.2, 0.25) is 0 Å². The van der Waals surface area contributed by atoms with E-state index in [4.69, 9.17) is 4.74 Å². The Labute approximate surface area is 101 Å². The molecule has 2 aliphatic rings. The van der Waals surface area contributed by atoms with Crippen LogP contribution in [-0.4, -0.2) is 5.97 Å². The number of rotatable bonds is 1. The van der Waals surface area contributed by atoms with E-state index in [9.17, 15) is 4.79 Å². The van der Waals surface area contributed by atoms with Gasteiger partial charge in [0.15, 0.2) is 0 Å². The predicted molar refractivity (Wildman–Crippen MR) is 66.9 cm³/mol. The third-order valence-corrected chi connectivity index (χ3v) is 3.67. The lowest BCUT2D eigenvalue weighted by molar-refractivity contribution is -0.131. The van der Waals surface area contributed by atoms with E-state index in [1.165, 1.54) is 49.3 Å². The second kappa shape index (κ2) is 4.02. The molecule has 2 nitrogen and oxygen atoms in total. The molecule has 0 unspecified atom stereocenters.